The first-order valence-corrected chi connectivity index (χ1v) is 9.55. The van der Waals surface area contributed by atoms with E-state index in [0.717, 1.165) is 24.0 Å². The van der Waals surface area contributed by atoms with E-state index in [1.807, 2.05) is 12.4 Å². The van der Waals surface area contributed by atoms with Crippen molar-refractivity contribution in [1.82, 2.24) is 9.97 Å². The lowest BCUT2D eigenvalue weighted by Crippen LogP contribution is -2.01. The molecular weight excluding hydrogens is 334 g/mol. The number of hydrogen-bond acceptors (Lipinski definition) is 3. The van der Waals surface area contributed by atoms with Crippen LogP contribution in [0.15, 0.2) is 36.7 Å². The fraction of sp³-hybridized carbons (Fsp3) is 0.524. The van der Waals surface area contributed by atoms with Crippen molar-refractivity contribution in [2.75, 3.05) is 0 Å². The molecule has 0 aliphatic rings. The molecule has 3 nitrogen and oxygen atoms in total. The first kappa shape index (κ1) is 20.3. The van der Waals surface area contributed by atoms with Crippen LogP contribution in [-0.2, 0) is 6.42 Å². The van der Waals surface area contributed by atoms with Crippen molar-refractivity contribution in [1.29, 1.82) is 0 Å². The summed E-state index contributed by atoms with van der Waals surface area (Å²) in [6, 6.07) is 6.37. The SMILES string of the molecule is CCCCCCCCCCc1cnc(-c2ccc(OC(F)F)cc2)nc1. The van der Waals surface area contributed by atoms with Gasteiger partial charge in [0.2, 0.25) is 0 Å². The molecule has 0 aliphatic carbocycles. The smallest absolute Gasteiger partial charge is 0.387 e. The van der Waals surface area contributed by atoms with Crippen LogP contribution in [0.5, 0.6) is 5.75 Å². The summed E-state index contributed by atoms with van der Waals surface area (Å²) in [4.78, 5) is 8.78. The number of ether oxygens (including phenoxy) is 1. The Balaban J connectivity index is 1.72. The molecule has 0 N–H and O–H groups in total. The van der Waals surface area contributed by atoms with Gasteiger partial charge in [0.1, 0.15) is 5.75 Å². The fourth-order valence-corrected chi connectivity index (χ4v) is 2.88. The highest BCUT2D eigenvalue weighted by Crippen LogP contribution is 2.20. The van der Waals surface area contributed by atoms with E-state index in [4.69, 9.17) is 0 Å². The van der Waals surface area contributed by atoms with Crippen molar-refractivity contribution in [3.8, 4) is 17.1 Å². The average molecular weight is 362 g/mol. The minimum Gasteiger partial charge on any atom is -0.435 e. The topological polar surface area (TPSA) is 35.0 Å². The Hall–Kier alpha value is -2.04. The number of nitrogens with zero attached hydrogens (tertiary/aromatic N) is 2. The molecule has 2 rings (SSSR count). The summed E-state index contributed by atoms with van der Waals surface area (Å²) in [7, 11) is 0. The number of unbranched alkanes of at least 4 members (excludes halogenated alkanes) is 7. The van der Waals surface area contributed by atoms with Crippen LogP contribution in [0.3, 0.4) is 0 Å². The number of alkyl halides is 2. The molecule has 1 aromatic heterocycles. The van der Waals surface area contributed by atoms with Gasteiger partial charge in [0, 0.05) is 18.0 Å². The molecular formula is C21H28F2N2O. The highest BCUT2D eigenvalue weighted by atomic mass is 19.3. The molecule has 142 valence electrons. The predicted molar refractivity (Wildman–Crippen MR) is 100 cm³/mol. The Morgan fingerprint density at radius 3 is 2.00 bits per heavy atom. The molecule has 0 aliphatic heterocycles. The van der Waals surface area contributed by atoms with Gasteiger partial charge in [-0.3, -0.25) is 0 Å². The maximum atomic E-state index is 12.2. The van der Waals surface area contributed by atoms with Gasteiger partial charge in [0.25, 0.3) is 0 Å². The third-order valence-corrected chi connectivity index (χ3v) is 4.36. The predicted octanol–water partition coefficient (Wildman–Crippen LogP) is 6.43. The van der Waals surface area contributed by atoms with Crippen LogP contribution in [0.1, 0.15) is 63.9 Å². The fourth-order valence-electron chi connectivity index (χ4n) is 2.88. The summed E-state index contributed by atoms with van der Waals surface area (Å²) in [5.74, 6) is 0.725. The summed E-state index contributed by atoms with van der Waals surface area (Å²) >= 11 is 0. The van der Waals surface area contributed by atoms with Crippen molar-refractivity contribution in [2.45, 2.75) is 71.3 Å². The Morgan fingerprint density at radius 1 is 0.846 bits per heavy atom. The first-order chi connectivity index (χ1) is 12.7. The lowest BCUT2D eigenvalue weighted by molar-refractivity contribution is -0.0498. The van der Waals surface area contributed by atoms with Crippen molar-refractivity contribution in [3.63, 3.8) is 0 Å². The molecule has 0 atom stereocenters. The molecule has 1 aromatic carbocycles. The van der Waals surface area contributed by atoms with Gasteiger partial charge in [-0.25, -0.2) is 9.97 Å². The minimum atomic E-state index is -2.81. The van der Waals surface area contributed by atoms with E-state index in [-0.39, 0.29) is 5.75 Å². The first-order valence-electron chi connectivity index (χ1n) is 9.55. The molecule has 0 radical (unpaired) electrons. The number of aryl methyl sites for hydroxylation is 1. The Bertz CT molecular complexity index is 615. The molecule has 0 saturated carbocycles. The second kappa shape index (κ2) is 11.6. The summed E-state index contributed by atoms with van der Waals surface area (Å²) in [5, 5.41) is 0. The molecule has 0 unspecified atom stereocenters. The van der Waals surface area contributed by atoms with Crippen LogP contribution in [0.2, 0.25) is 0 Å². The molecule has 0 fully saturated rings. The van der Waals surface area contributed by atoms with E-state index in [9.17, 15) is 8.78 Å². The minimum absolute atomic E-state index is 0.134. The Labute approximate surface area is 154 Å². The van der Waals surface area contributed by atoms with Crippen LogP contribution in [-0.4, -0.2) is 16.6 Å². The van der Waals surface area contributed by atoms with Gasteiger partial charge in [0.05, 0.1) is 0 Å². The van der Waals surface area contributed by atoms with Crippen LogP contribution >= 0.6 is 0 Å². The molecule has 2 aromatic rings. The number of halogens is 2. The van der Waals surface area contributed by atoms with E-state index in [1.54, 1.807) is 12.1 Å². The summed E-state index contributed by atoms with van der Waals surface area (Å²) < 4.78 is 28.7. The van der Waals surface area contributed by atoms with Gasteiger partial charge in [-0.15, -0.1) is 0 Å². The third kappa shape index (κ3) is 7.46. The molecule has 0 saturated heterocycles. The van der Waals surface area contributed by atoms with Crippen LogP contribution < -0.4 is 4.74 Å². The summed E-state index contributed by atoms with van der Waals surface area (Å²) in [6.07, 6.45) is 15.1. The number of rotatable bonds is 12. The van der Waals surface area contributed by atoms with Gasteiger partial charge in [-0.2, -0.15) is 8.78 Å². The normalized spacial score (nSPS) is 11.1. The van der Waals surface area contributed by atoms with Gasteiger partial charge in [-0.05, 0) is 42.7 Å². The van der Waals surface area contributed by atoms with Crippen molar-refractivity contribution < 1.29 is 13.5 Å². The van der Waals surface area contributed by atoms with Crippen LogP contribution in [0.25, 0.3) is 11.4 Å². The molecule has 0 bridgehead atoms. The van der Waals surface area contributed by atoms with Crippen molar-refractivity contribution in [2.24, 2.45) is 0 Å². The zero-order valence-corrected chi connectivity index (χ0v) is 15.5. The van der Waals surface area contributed by atoms with Gasteiger partial charge >= 0.3 is 6.61 Å². The highest BCUT2D eigenvalue weighted by Gasteiger charge is 2.06. The van der Waals surface area contributed by atoms with Gasteiger partial charge in [-0.1, -0.05) is 51.9 Å². The van der Waals surface area contributed by atoms with E-state index in [1.165, 1.54) is 57.1 Å². The van der Waals surface area contributed by atoms with E-state index in [0.29, 0.717) is 5.82 Å². The average Bonchev–Trinajstić information content (AvgIpc) is 2.65. The summed E-state index contributed by atoms with van der Waals surface area (Å²) in [6.45, 7) is -0.572. The maximum Gasteiger partial charge on any atom is 0.387 e. The van der Waals surface area contributed by atoms with Crippen LogP contribution in [0, 0.1) is 0 Å². The monoisotopic (exact) mass is 362 g/mol. The van der Waals surface area contributed by atoms with E-state index >= 15 is 0 Å². The summed E-state index contributed by atoms with van der Waals surface area (Å²) in [5.41, 5.74) is 1.92. The molecule has 5 heteroatoms. The van der Waals surface area contributed by atoms with Gasteiger partial charge < -0.3 is 4.74 Å². The zero-order valence-electron chi connectivity index (χ0n) is 15.5. The number of benzene rings is 1. The van der Waals surface area contributed by atoms with Crippen LogP contribution in [0.4, 0.5) is 8.78 Å². The Kier molecular flexibility index (Phi) is 9.01. The van der Waals surface area contributed by atoms with Gasteiger partial charge in [0.15, 0.2) is 5.82 Å². The zero-order chi connectivity index (χ0) is 18.6. The maximum absolute atomic E-state index is 12.2. The number of aromatic nitrogens is 2. The van der Waals surface area contributed by atoms with E-state index < -0.39 is 6.61 Å². The van der Waals surface area contributed by atoms with Crippen molar-refractivity contribution in [3.05, 3.63) is 42.2 Å². The molecule has 1 heterocycles. The second-order valence-corrected chi connectivity index (χ2v) is 6.54. The standard InChI is InChI=1S/C21H28F2N2O/c1-2-3-4-5-6-7-8-9-10-17-15-24-20(25-16-17)18-11-13-19(14-12-18)26-21(22)23/h11-16,21H,2-10H2,1H3. The Morgan fingerprint density at radius 2 is 1.42 bits per heavy atom. The lowest BCUT2D eigenvalue weighted by atomic mass is 10.1. The second-order valence-electron chi connectivity index (χ2n) is 6.54. The van der Waals surface area contributed by atoms with E-state index in [2.05, 4.69) is 21.6 Å². The largest absolute Gasteiger partial charge is 0.435 e. The molecule has 0 amide bonds. The highest BCUT2D eigenvalue weighted by molar-refractivity contribution is 5.55. The molecule has 0 spiro atoms. The van der Waals surface area contributed by atoms with Crippen molar-refractivity contribution >= 4 is 0 Å². The third-order valence-electron chi connectivity index (χ3n) is 4.36. The number of hydrogen-bond donors (Lipinski definition) is 0. The quantitative estimate of drug-likeness (QED) is 0.408. The molecule has 26 heavy (non-hydrogen) atoms. The lowest BCUT2D eigenvalue weighted by Gasteiger charge is -2.06.